The Hall–Kier alpha value is -1.19. The summed E-state index contributed by atoms with van der Waals surface area (Å²) < 4.78 is 14.2. The number of carbonyl (C=O) groups excluding carboxylic acids is 1. The lowest BCUT2D eigenvalue weighted by Crippen LogP contribution is -2.16. The van der Waals surface area contributed by atoms with Crippen molar-refractivity contribution in [3.05, 3.63) is 12.3 Å². The fourth-order valence-corrected chi connectivity index (χ4v) is 0.706. The van der Waals surface area contributed by atoms with E-state index < -0.39 is 6.16 Å². The van der Waals surface area contributed by atoms with Crippen LogP contribution in [0.25, 0.3) is 0 Å². The van der Waals surface area contributed by atoms with Crippen LogP contribution in [0, 0.1) is 0 Å². The van der Waals surface area contributed by atoms with Crippen molar-refractivity contribution in [3.63, 3.8) is 0 Å². The zero-order valence-corrected chi connectivity index (χ0v) is 6.28. The largest absolute Gasteiger partial charge is 0.508 e. The molecule has 0 aromatic rings. The minimum atomic E-state index is -0.612. The maximum atomic E-state index is 10.4. The van der Waals surface area contributed by atoms with Crippen LogP contribution in [0.2, 0.25) is 0 Å². The van der Waals surface area contributed by atoms with Crippen LogP contribution in [0.3, 0.4) is 0 Å². The topological polar surface area (TPSA) is 44.8 Å². The molecule has 0 bridgehead atoms. The SMILES string of the molecule is C/C=C/OC[C@@H]1COC(=O)O1. The van der Waals surface area contributed by atoms with Gasteiger partial charge >= 0.3 is 6.16 Å². The first-order valence-corrected chi connectivity index (χ1v) is 3.39. The van der Waals surface area contributed by atoms with E-state index in [0.717, 1.165) is 0 Å². The summed E-state index contributed by atoms with van der Waals surface area (Å²) in [6.07, 6.45) is 2.45. The maximum absolute atomic E-state index is 10.4. The standard InChI is InChI=1S/C7H10O4/c1-2-3-9-4-6-5-10-7(8)11-6/h2-3,6H,4-5H2,1H3/b3-2+/t6-/m1/s1. The summed E-state index contributed by atoms with van der Waals surface area (Å²) in [7, 11) is 0. The zero-order valence-electron chi connectivity index (χ0n) is 6.28. The van der Waals surface area contributed by atoms with Crippen molar-refractivity contribution in [3.8, 4) is 0 Å². The minimum absolute atomic E-state index is 0.251. The van der Waals surface area contributed by atoms with Crippen LogP contribution < -0.4 is 0 Å². The normalized spacial score (nSPS) is 23.4. The monoisotopic (exact) mass is 158 g/mol. The molecule has 1 aliphatic heterocycles. The van der Waals surface area contributed by atoms with Gasteiger partial charge in [-0.2, -0.15) is 0 Å². The summed E-state index contributed by atoms with van der Waals surface area (Å²) in [4.78, 5) is 10.4. The van der Waals surface area contributed by atoms with Gasteiger partial charge in [0.1, 0.15) is 13.2 Å². The zero-order chi connectivity index (χ0) is 8.10. The summed E-state index contributed by atoms with van der Waals surface area (Å²) in [5, 5.41) is 0. The lowest BCUT2D eigenvalue weighted by molar-refractivity contribution is 0.0852. The second-order valence-electron chi connectivity index (χ2n) is 2.10. The fraction of sp³-hybridized carbons (Fsp3) is 0.571. The third-order valence-corrected chi connectivity index (χ3v) is 1.16. The van der Waals surface area contributed by atoms with Crippen molar-refractivity contribution in [2.45, 2.75) is 13.0 Å². The quantitative estimate of drug-likeness (QED) is 0.455. The molecule has 1 aliphatic rings. The molecule has 0 aliphatic carbocycles. The minimum Gasteiger partial charge on any atom is -0.498 e. The Morgan fingerprint density at radius 2 is 2.64 bits per heavy atom. The smallest absolute Gasteiger partial charge is 0.498 e. The highest BCUT2D eigenvalue weighted by Gasteiger charge is 2.24. The van der Waals surface area contributed by atoms with Gasteiger partial charge in [0.15, 0.2) is 6.10 Å². The van der Waals surface area contributed by atoms with E-state index in [0.29, 0.717) is 6.61 Å². The van der Waals surface area contributed by atoms with Crippen LogP contribution in [-0.4, -0.2) is 25.5 Å². The molecular weight excluding hydrogens is 148 g/mol. The molecule has 62 valence electrons. The molecule has 1 rings (SSSR count). The van der Waals surface area contributed by atoms with E-state index in [1.54, 1.807) is 12.3 Å². The van der Waals surface area contributed by atoms with Gasteiger partial charge in [0.05, 0.1) is 6.26 Å². The molecular formula is C7H10O4. The molecule has 1 atom stereocenters. The van der Waals surface area contributed by atoms with Crippen LogP contribution >= 0.6 is 0 Å². The first-order chi connectivity index (χ1) is 5.33. The lowest BCUT2D eigenvalue weighted by Gasteiger charge is -2.03. The number of hydrogen-bond donors (Lipinski definition) is 0. The van der Waals surface area contributed by atoms with Crippen LogP contribution in [0.15, 0.2) is 12.3 Å². The van der Waals surface area contributed by atoms with Crippen molar-refractivity contribution in [2.24, 2.45) is 0 Å². The third kappa shape index (κ3) is 2.49. The molecule has 0 unspecified atom stereocenters. The van der Waals surface area contributed by atoms with Gasteiger partial charge in [0.25, 0.3) is 0 Å². The van der Waals surface area contributed by atoms with E-state index in [1.165, 1.54) is 0 Å². The van der Waals surface area contributed by atoms with Crippen molar-refractivity contribution >= 4 is 6.16 Å². The van der Waals surface area contributed by atoms with Gasteiger partial charge in [0.2, 0.25) is 0 Å². The molecule has 4 heteroatoms. The van der Waals surface area contributed by atoms with Crippen LogP contribution in [0.5, 0.6) is 0 Å². The Balaban J connectivity index is 2.13. The number of ether oxygens (including phenoxy) is 3. The van der Waals surface area contributed by atoms with Crippen molar-refractivity contribution in [1.82, 2.24) is 0 Å². The van der Waals surface area contributed by atoms with E-state index in [2.05, 4.69) is 9.47 Å². The van der Waals surface area contributed by atoms with E-state index in [1.807, 2.05) is 6.92 Å². The van der Waals surface area contributed by atoms with Crippen LogP contribution in [0.4, 0.5) is 4.79 Å². The Kier molecular flexibility index (Phi) is 2.77. The Morgan fingerprint density at radius 3 is 3.18 bits per heavy atom. The molecule has 0 saturated carbocycles. The molecule has 1 heterocycles. The highest BCUT2D eigenvalue weighted by molar-refractivity contribution is 5.61. The molecule has 0 aromatic carbocycles. The molecule has 4 nitrogen and oxygen atoms in total. The van der Waals surface area contributed by atoms with Crippen LogP contribution in [0.1, 0.15) is 6.92 Å². The summed E-state index contributed by atoms with van der Waals surface area (Å²) in [5.41, 5.74) is 0. The number of allylic oxidation sites excluding steroid dienone is 1. The predicted molar refractivity (Wildman–Crippen MR) is 37.0 cm³/mol. The van der Waals surface area contributed by atoms with Crippen molar-refractivity contribution < 1.29 is 19.0 Å². The van der Waals surface area contributed by atoms with Gasteiger partial charge in [-0.05, 0) is 6.92 Å². The third-order valence-electron chi connectivity index (χ3n) is 1.16. The van der Waals surface area contributed by atoms with Gasteiger partial charge in [-0.15, -0.1) is 0 Å². The molecule has 0 spiro atoms. The fourth-order valence-electron chi connectivity index (χ4n) is 0.706. The molecule has 0 N–H and O–H groups in total. The second kappa shape index (κ2) is 3.85. The molecule has 1 saturated heterocycles. The van der Waals surface area contributed by atoms with Gasteiger partial charge in [0, 0.05) is 0 Å². The van der Waals surface area contributed by atoms with Gasteiger partial charge < -0.3 is 14.2 Å². The molecule has 11 heavy (non-hydrogen) atoms. The highest BCUT2D eigenvalue weighted by atomic mass is 16.8. The molecule has 0 amide bonds. The van der Waals surface area contributed by atoms with Gasteiger partial charge in [-0.1, -0.05) is 6.08 Å². The van der Waals surface area contributed by atoms with Crippen molar-refractivity contribution in [2.75, 3.05) is 13.2 Å². The van der Waals surface area contributed by atoms with Gasteiger partial charge in [-0.3, -0.25) is 0 Å². The summed E-state index contributed by atoms with van der Waals surface area (Å²) in [6, 6.07) is 0. The summed E-state index contributed by atoms with van der Waals surface area (Å²) in [6.45, 7) is 2.49. The lowest BCUT2D eigenvalue weighted by atomic mass is 10.4. The second-order valence-corrected chi connectivity index (χ2v) is 2.10. The Bertz CT molecular complexity index is 164. The van der Waals surface area contributed by atoms with E-state index in [9.17, 15) is 4.79 Å². The van der Waals surface area contributed by atoms with Crippen molar-refractivity contribution in [1.29, 1.82) is 0 Å². The highest BCUT2D eigenvalue weighted by Crippen LogP contribution is 2.05. The first-order valence-electron chi connectivity index (χ1n) is 3.39. The number of carbonyl (C=O) groups is 1. The molecule has 0 radical (unpaired) electrons. The number of hydrogen-bond acceptors (Lipinski definition) is 4. The summed E-state index contributed by atoms with van der Waals surface area (Å²) in [5.74, 6) is 0. The average molecular weight is 158 g/mol. The van der Waals surface area contributed by atoms with Crippen LogP contribution in [-0.2, 0) is 14.2 Å². The number of cyclic esters (lactones) is 2. The molecule has 1 fully saturated rings. The van der Waals surface area contributed by atoms with E-state index in [4.69, 9.17) is 4.74 Å². The maximum Gasteiger partial charge on any atom is 0.508 e. The average Bonchev–Trinajstić information content (AvgIpc) is 2.37. The molecule has 0 aromatic heterocycles. The Morgan fingerprint density at radius 1 is 1.82 bits per heavy atom. The predicted octanol–water partition coefficient (Wildman–Crippen LogP) is 1.07. The first kappa shape index (κ1) is 7.91. The number of rotatable bonds is 3. The Labute approximate surface area is 64.7 Å². The van der Waals surface area contributed by atoms with Gasteiger partial charge in [-0.25, -0.2) is 4.79 Å². The van der Waals surface area contributed by atoms with E-state index in [-0.39, 0.29) is 12.7 Å². The van der Waals surface area contributed by atoms with E-state index >= 15 is 0 Å². The summed E-state index contributed by atoms with van der Waals surface area (Å²) >= 11 is 0.